The van der Waals surface area contributed by atoms with Crippen LogP contribution in [0.3, 0.4) is 0 Å². The molecule has 2 aliphatic heterocycles. The van der Waals surface area contributed by atoms with Gasteiger partial charge in [0.1, 0.15) is 0 Å². The predicted octanol–water partition coefficient (Wildman–Crippen LogP) is 2.45. The van der Waals surface area contributed by atoms with Crippen molar-refractivity contribution < 1.29 is 9.90 Å². The van der Waals surface area contributed by atoms with Crippen molar-refractivity contribution in [1.29, 1.82) is 0 Å². The van der Waals surface area contributed by atoms with Crippen LogP contribution < -0.4 is 0 Å². The van der Waals surface area contributed by atoms with E-state index in [2.05, 4.69) is 36.1 Å². The largest absolute Gasteiger partial charge is 0.396 e. The first-order chi connectivity index (χ1) is 11.7. The van der Waals surface area contributed by atoms with Crippen LogP contribution in [0.1, 0.15) is 43.7 Å². The van der Waals surface area contributed by atoms with Crippen LogP contribution in [0.4, 0.5) is 0 Å². The molecule has 132 valence electrons. The molecule has 2 heterocycles. The lowest BCUT2D eigenvalue weighted by molar-refractivity contribution is -0.132. The lowest BCUT2D eigenvalue weighted by Crippen LogP contribution is -2.46. The van der Waals surface area contributed by atoms with Crippen LogP contribution >= 0.6 is 0 Å². The average molecular weight is 330 g/mol. The van der Waals surface area contributed by atoms with Gasteiger partial charge < -0.3 is 14.9 Å². The van der Waals surface area contributed by atoms with Gasteiger partial charge in [0.2, 0.25) is 5.91 Å². The third kappa shape index (κ3) is 3.81. The number of benzene rings is 1. The molecule has 3 rings (SSSR count). The molecule has 1 saturated heterocycles. The van der Waals surface area contributed by atoms with Gasteiger partial charge in [-0.15, -0.1) is 0 Å². The molecule has 4 heteroatoms. The molecule has 4 nitrogen and oxygen atoms in total. The van der Waals surface area contributed by atoms with Crippen molar-refractivity contribution in [3.8, 4) is 0 Å². The molecule has 1 aromatic rings. The minimum absolute atomic E-state index is 0.0470. The van der Waals surface area contributed by atoms with Gasteiger partial charge in [-0.1, -0.05) is 31.2 Å². The zero-order valence-electron chi connectivity index (χ0n) is 14.8. The highest BCUT2D eigenvalue weighted by Crippen LogP contribution is 2.32. The Morgan fingerprint density at radius 1 is 1.25 bits per heavy atom. The molecule has 1 atom stereocenters. The summed E-state index contributed by atoms with van der Waals surface area (Å²) in [6, 6.07) is 8.44. The monoisotopic (exact) mass is 330 g/mol. The summed E-state index contributed by atoms with van der Waals surface area (Å²) in [5.41, 5.74) is 2.72. The van der Waals surface area contributed by atoms with Crippen molar-refractivity contribution in [2.45, 2.75) is 45.6 Å². The molecular formula is C20H30N2O2. The van der Waals surface area contributed by atoms with E-state index in [9.17, 15) is 9.90 Å². The van der Waals surface area contributed by atoms with Gasteiger partial charge in [0.15, 0.2) is 0 Å². The number of hydrogen-bond donors (Lipinski definition) is 1. The Balaban J connectivity index is 1.51. The molecule has 1 amide bonds. The average Bonchev–Trinajstić information content (AvgIpc) is 2.65. The minimum Gasteiger partial charge on any atom is -0.396 e. The van der Waals surface area contributed by atoms with E-state index in [1.165, 1.54) is 11.1 Å². The molecule has 0 aliphatic carbocycles. The summed E-state index contributed by atoms with van der Waals surface area (Å²) >= 11 is 0. The standard InChI is InChI=1S/C20H30N2O2/c1-2-20(16-23)10-5-11-21(15-20)12-9-19(24)22-13-8-17-6-3-4-7-18(17)14-22/h3-4,6-7,23H,2,5,8-16H2,1H3/t20-/m1/s1. The van der Waals surface area contributed by atoms with E-state index in [0.29, 0.717) is 6.42 Å². The number of rotatable bonds is 5. The fraction of sp³-hybridized carbons (Fsp3) is 0.650. The highest BCUT2D eigenvalue weighted by Gasteiger charge is 2.33. The van der Waals surface area contributed by atoms with Crippen molar-refractivity contribution in [1.82, 2.24) is 9.80 Å². The second-order valence-corrected chi connectivity index (χ2v) is 7.48. The maximum atomic E-state index is 12.6. The van der Waals surface area contributed by atoms with E-state index in [1.807, 2.05) is 4.90 Å². The Morgan fingerprint density at radius 3 is 2.79 bits per heavy atom. The Kier molecular flexibility index (Phi) is 5.57. The lowest BCUT2D eigenvalue weighted by atomic mass is 9.78. The third-order valence-corrected chi connectivity index (χ3v) is 5.95. The van der Waals surface area contributed by atoms with Crippen molar-refractivity contribution in [2.75, 3.05) is 32.8 Å². The number of likely N-dealkylation sites (tertiary alicyclic amines) is 1. The van der Waals surface area contributed by atoms with E-state index in [-0.39, 0.29) is 17.9 Å². The fourth-order valence-corrected chi connectivity index (χ4v) is 4.15. The molecule has 0 spiro atoms. The van der Waals surface area contributed by atoms with Gasteiger partial charge in [0, 0.05) is 44.6 Å². The summed E-state index contributed by atoms with van der Waals surface area (Å²) in [5, 5.41) is 9.73. The Bertz CT molecular complexity index is 569. The second kappa shape index (κ2) is 7.66. The molecule has 24 heavy (non-hydrogen) atoms. The number of hydrogen-bond acceptors (Lipinski definition) is 3. The molecule has 1 aromatic carbocycles. The van der Waals surface area contributed by atoms with Crippen LogP contribution in [0, 0.1) is 5.41 Å². The van der Waals surface area contributed by atoms with Gasteiger partial charge in [-0.3, -0.25) is 4.79 Å². The molecule has 0 saturated carbocycles. The zero-order chi connectivity index (χ0) is 17.0. The highest BCUT2D eigenvalue weighted by atomic mass is 16.3. The number of aliphatic hydroxyl groups excluding tert-OH is 1. The van der Waals surface area contributed by atoms with Gasteiger partial charge in [0.25, 0.3) is 0 Å². The molecule has 0 aromatic heterocycles. The first-order valence-corrected chi connectivity index (χ1v) is 9.33. The number of carbonyl (C=O) groups excluding carboxylic acids is 1. The number of fused-ring (bicyclic) bond motifs is 1. The SMILES string of the molecule is CC[C@@]1(CO)CCCN(CCC(=O)N2CCc3ccccc3C2)C1. The molecule has 0 unspecified atom stereocenters. The van der Waals surface area contributed by atoms with Crippen molar-refractivity contribution in [2.24, 2.45) is 5.41 Å². The van der Waals surface area contributed by atoms with Crippen LogP contribution in [0.5, 0.6) is 0 Å². The maximum Gasteiger partial charge on any atom is 0.224 e. The molecule has 1 N–H and O–H groups in total. The van der Waals surface area contributed by atoms with Crippen LogP contribution in [-0.2, 0) is 17.8 Å². The number of amides is 1. The predicted molar refractivity (Wildman–Crippen MR) is 95.7 cm³/mol. The second-order valence-electron chi connectivity index (χ2n) is 7.48. The number of nitrogens with zero attached hydrogens (tertiary/aromatic N) is 2. The van der Waals surface area contributed by atoms with Gasteiger partial charge in [-0.05, 0) is 43.4 Å². The van der Waals surface area contributed by atoms with Crippen molar-refractivity contribution >= 4 is 5.91 Å². The quantitative estimate of drug-likeness (QED) is 0.902. The Labute approximate surface area is 145 Å². The summed E-state index contributed by atoms with van der Waals surface area (Å²) < 4.78 is 0. The summed E-state index contributed by atoms with van der Waals surface area (Å²) in [6.45, 7) is 6.82. The third-order valence-electron chi connectivity index (χ3n) is 5.95. The first-order valence-electron chi connectivity index (χ1n) is 9.33. The van der Waals surface area contributed by atoms with E-state index in [4.69, 9.17) is 0 Å². The number of piperidine rings is 1. The first kappa shape index (κ1) is 17.4. The van der Waals surface area contributed by atoms with Crippen LogP contribution in [-0.4, -0.2) is 53.6 Å². The van der Waals surface area contributed by atoms with E-state index in [0.717, 1.165) is 58.4 Å². The summed E-state index contributed by atoms with van der Waals surface area (Å²) in [4.78, 5) is 17.0. The van der Waals surface area contributed by atoms with Crippen LogP contribution in [0.25, 0.3) is 0 Å². The zero-order valence-corrected chi connectivity index (χ0v) is 14.8. The van der Waals surface area contributed by atoms with Crippen molar-refractivity contribution in [3.05, 3.63) is 35.4 Å². The van der Waals surface area contributed by atoms with Crippen LogP contribution in [0.15, 0.2) is 24.3 Å². The molecule has 0 radical (unpaired) electrons. The van der Waals surface area contributed by atoms with Crippen LogP contribution in [0.2, 0.25) is 0 Å². The smallest absolute Gasteiger partial charge is 0.224 e. The molecule has 1 fully saturated rings. The fourth-order valence-electron chi connectivity index (χ4n) is 4.15. The Morgan fingerprint density at radius 2 is 2.04 bits per heavy atom. The van der Waals surface area contributed by atoms with Gasteiger partial charge in [0.05, 0.1) is 0 Å². The van der Waals surface area contributed by atoms with Gasteiger partial charge in [-0.2, -0.15) is 0 Å². The van der Waals surface area contributed by atoms with E-state index >= 15 is 0 Å². The lowest BCUT2D eigenvalue weighted by Gasteiger charge is -2.41. The van der Waals surface area contributed by atoms with E-state index < -0.39 is 0 Å². The molecule has 0 bridgehead atoms. The maximum absolute atomic E-state index is 12.6. The highest BCUT2D eigenvalue weighted by molar-refractivity contribution is 5.76. The summed E-state index contributed by atoms with van der Waals surface area (Å²) in [6.07, 6.45) is 4.80. The van der Waals surface area contributed by atoms with E-state index in [1.54, 1.807) is 0 Å². The minimum atomic E-state index is 0.0470. The summed E-state index contributed by atoms with van der Waals surface area (Å²) in [7, 11) is 0. The Hall–Kier alpha value is -1.39. The normalized spacial score (nSPS) is 24.7. The topological polar surface area (TPSA) is 43.8 Å². The van der Waals surface area contributed by atoms with Crippen molar-refractivity contribution in [3.63, 3.8) is 0 Å². The number of aliphatic hydroxyl groups is 1. The molecular weight excluding hydrogens is 300 g/mol. The molecule has 2 aliphatic rings. The van der Waals surface area contributed by atoms with Gasteiger partial charge >= 0.3 is 0 Å². The van der Waals surface area contributed by atoms with Gasteiger partial charge in [-0.25, -0.2) is 0 Å². The summed E-state index contributed by atoms with van der Waals surface area (Å²) in [5.74, 6) is 0.265. The number of carbonyl (C=O) groups is 1.